The van der Waals surface area contributed by atoms with Crippen molar-refractivity contribution in [3.63, 3.8) is 0 Å². The molecule has 2 unspecified atom stereocenters. The van der Waals surface area contributed by atoms with Crippen molar-refractivity contribution in [1.29, 1.82) is 0 Å². The summed E-state index contributed by atoms with van der Waals surface area (Å²) in [5.74, 6) is 0. The average molecular weight is 247 g/mol. The first-order valence-corrected chi connectivity index (χ1v) is 7.18. The molecule has 3 heteroatoms. The standard InChI is InChI=1S/C15H25N3/c1-3-18-10-5-7-15(8-11-18)17-13(2)14-6-4-9-16-12-14/h4,6,9,12-13,15,17H,3,5,7-8,10-11H2,1-2H3. The molecule has 3 nitrogen and oxygen atoms in total. The molecule has 1 N–H and O–H groups in total. The van der Waals surface area contributed by atoms with E-state index in [0.717, 1.165) is 0 Å². The quantitative estimate of drug-likeness (QED) is 0.886. The highest BCUT2D eigenvalue weighted by Gasteiger charge is 2.18. The Bertz CT molecular complexity index is 339. The molecule has 0 saturated carbocycles. The van der Waals surface area contributed by atoms with Gasteiger partial charge in [0.2, 0.25) is 0 Å². The summed E-state index contributed by atoms with van der Waals surface area (Å²) in [6, 6.07) is 5.22. The topological polar surface area (TPSA) is 28.2 Å². The van der Waals surface area contributed by atoms with Gasteiger partial charge in [-0.3, -0.25) is 4.98 Å². The second-order valence-electron chi connectivity index (χ2n) is 5.24. The molecule has 100 valence electrons. The molecular formula is C15H25N3. The van der Waals surface area contributed by atoms with Crippen LogP contribution >= 0.6 is 0 Å². The minimum absolute atomic E-state index is 0.400. The maximum atomic E-state index is 4.19. The maximum Gasteiger partial charge on any atom is 0.0315 e. The van der Waals surface area contributed by atoms with E-state index in [1.807, 2.05) is 18.5 Å². The zero-order chi connectivity index (χ0) is 12.8. The van der Waals surface area contributed by atoms with Crippen molar-refractivity contribution in [2.75, 3.05) is 19.6 Å². The maximum absolute atomic E-state index is 4.19. The van der Waals surface area contributed by atoms with E-state index in [1.165, 1.54) is 44.5 Å². The van der Waals surface area contributed by atoms with Crippen LogP contribution < -0.4 is 5.32 Å². The first-order valence-electron chi connectivity index (χ1n) is 7.18. The van der Waals surface area contributed by atoms with Crippen LogP contribution in [-0.2, 0) is 0 Å². The molecule has 0 spiro atoms. The fourth-order valence-electron chi connectivity index (χ4n) is 2.72. The van der Waals surface area contributed by atoms with Crippen LogP contribution in [-0.4, -0.2) is 35.6 Å². The van der Waals surface area contributed by atoms with E-state index in [1.54, 1.807) is 0 Å². The van der Waals surface area contributed by atoms with Crippen LogP contribution in [0.15, 0.2) is 24.5 Å². The van der Waals surface area contributed by atoms with Crippen molar-refractivity contribution >= 4 is 0 Å². The van der Waals surface area contributed by atoms with Gasteiger partial charge in [0.1, 0.15) is 0 Å². The fourth-order valence-corrected chi connectivity index (χ4v) is 2.72. The van der Waals surface area contributed by atoms with E-state index in [2.05, 4.69) is 35.1 Å². The van der Waals surface area contributed by atoms with Gasteiger partial charge >= 0.3 is 0 Å². The van der Waals surface area contributed by atoms with Gasteiger partial charge in [0.05, 0.1) is 0 Å². The van der Waals surface area contributed by atoms with Crippen LogP contribution in [0.4, 0.5) is 0 Å². The number of likely N-dealkylation sites (tertiary alicyclic amines) is 1. The van der Waals surface area contributed by atoms with E-state index in [4.69, 9.17) is 0 Å². The van der Waals surface area contributed by atoms with Gasteiger partial charge in [-0.25, -0.2) is 0 Å². The van der Waals surface area contributed by atoms with Crippen LogP contribution in [0.2, 0.25) is 0 Å². The summed E-state index contributed by atoms with van der Waals surface area (Å²) in [6.07, 6.45) is 7.67. The van der Waals surface area contributed by atoms with E-state index < -0.39 is 0 Å². The van der Waals surface area contributed by atoms with Gasteiger partial charge in [0.15, 0.2) is 0 Å². The van der Waals surface area contributed by atoms with E-state index in [9.17, 15) is 0 Å². The minimum atomic E-state index is 0.400. The molecule has 1 aliphatic rings. The lowest BCUT2D eigenvalue weighted by Gasteiger charge is -2.22. The normalized spacial score (nSPS) is 23.6. The predicted molar refractivity (Wildman–Crippen MR) is 75.5 cm³/mol. The molecule has 0 aromatic carbocycles. The van der Waals surface area contributed by atoms with Gasteiger partial charge in [0.25, 0.3) is 0 Å². The lowest BCUT2D eigenvalue weighted by Crippen LogP contribution is -2.33. The highest BCUT2D eigenvalue weighted by atomic mass is 15.1. The number of aromatic nitrogens is 1. The third-order valence-electron chi connectivity index (χ3n) is 3.94. The number of hydrogen-bond acceptors (Lipinski definition) is 3. The predicted octanol–water partition coefficient (Wildman–Crippen LogP) is 2.61. The van der Waals surface area contributed by atoms with E-state index in [0.29, 0.717) is 12.1 Å². The smallest absolute Gasteiger partial charge is 0.0315 e. The van der Waals surface area contributed by atoms with Gasteiger partial charge in [-0.15, -0.1) is 0 Å². The van der Waals surface area contributed by atoms with Crippen LogP contribution in [0.5, 0.6) is 0 Å². The molecule has 1 aromatic rings. The van der Waals surface area contributed by atoms with Crippen molar-refractivity contribution in [3.05, 3.63) is 30.1 Å². The molecule has 0 bridgehead atoms. The van der Waals surface area contributed by atoms with Gasteiger partial charge in [-0.1, -0.05) is 13.0 Å². The molecule has 0 amide bonds. The van der Waals surface area contributed by atoms with Gasteiger partial charge in [-0.05, 0) is 57.5 Å². The first-order chi connectivity index (χ1) is 8.79. The van der Waals surface area contributed by atoms with Crippen LogP contribution in [0.25, 0.3) is 0 Å². The molecule has 2 heterocycles. The van der Waals surface area contributed by atoms with Gasteiger partial charge < -0.3 is 10.2 Å². The Balaban J connectivity index is 1.86. The third-order valence-corrected chi connectivity index (χ3v) is 3.94. The van der Waals surface area contributed by atoms with Crippen molar-refractivity contribution in [2.24, 2.45) is 0 Å². The molecule has 0 radical (unpaired) electrons. The van der Waals surface area contributed by atoms with Crippen molar-refractivity contribution in [2.45, 2.75) is 45.2 Å². The molecule has 2 atom stereocenters. The summed E-state index contributed by atoms with van der Waals surface area (Å²) < 4.78 is 0. The Labute approximate surface area is 111 Å². The van der Waals surface area contributed by atoms with Crippen LogP contribution in [0.1, 0.15) is 44.7 Å². The summed E-state index contributed by atoms with van der Waals surface area (Å²) in [6.45, 7) is 8.17. The summed E-state index contributed by atoms with van der Waals surface area (Å²) in [7, 11) is 0. The second kappa shape index (κ2) is 6.86. The fraction of sp³-hybridized carbons (Fsp3) is 0.667. The Morgan fingerprint density at radius 3 is 3.06 bits per heavy atom. The Morgan fingerprint density at radius 1 is 1.44 bits per heavy atom. The van der Waals surface area contributed by atoms with Crippen LogP contribution in [0, 0.1) is 0 Å². The van der Waals surface area contributed by atoms with Crippen molar-refractivity contribution in [3.8, 4) is 0 Å². The molecule has 1 fully saturated rings. The number of nitrogens with one attached hydrogen (secondary N) is 1. The number of nitrogens with zero attached hydrogens (tertiary/aromatic N) is 2. The van der Waals surface area contributed by atoms with Crippen molar-refractivity contribution < 1.29 is 0 Å². The molecular weight excluding hydrogens is 222 g/mol. The number of rotatable bonds is 4. The highest BCUT2D eigenvalue weighted by molar-refractivity contribution is 5.13. The summed E-state index contributed by atoms with van der Waals surface area (Å²) >= 11 is 0. The average Bonchev–Trinajstić information content (AvgIpc) is 2.65. The van der Waals surface area contributed by atoms with Crippen LogP contribution in [0.3, 0.4) is 0 Å². The van der Waals surface area contributed by atoms with Crippen molar-refractivity contribution in [1.82, 2.24) is 15.2 Å². The summed E-state index contributed by atoms with van der Waals surface area (Å²) in [5, 5.41) is 3.75. The number of pyridine rings is 1. The molecule has 18 heavy (non-hydrogen) atoms. The third kappa shape index (κ3) is 3.79. The number of hydrogen-bond donors (Lipinski definition) is 1. The second-order valence-corrected chi connectivity index (χ2v) is 5.24. The first kappa shape index (κ1) is 13.5. The van der Waals surface area contributed by atoms with Gasteiger partial charge in [0, 0.05) is 24.5 Å². The zero-order valence-corrected chi connectivity index (χ0v) is 11.6. The minimum Gasteiger partial charge on any atom is -0.307 e. The zero-order valence-electron chi connectivity index (χ0n) is 11.6. The molecule has 1 aromatic heterocycles. The van der Waals surface area contributed by atoms with Gasteiger partial charge in [-0.2, -0.15) is 0 Å². The Kier molecular flexibility index (Phi) is 5.14. The molecule has 1 aliphatic heterocycles. The van der Waals surface area contributed by atoms with E-state index in [-0.39, 0.29) is 0 Å². The highest BCUT2D eigenvalue weighted by Crippen LogP contribution is 2.16. The summed E-state index contributed by atoms with van der Waals surface area (Å²) in [4.78, 5) is 6.75. The SMILES string of the molecule is CCN1CCCC(NC(C)c2cccnc2)CC1. The molecule has 1 saturated heterocycles. The Morgan fingerprint density at radius 2 is 2.33 bits per heavy atom. The summed E-state index contributed by atoms with van der Waals surface area (Å²) in [5.41, 5.74) is 1.29. The lowest BCUT2D eigenvalue weighted by molar-refractivity contribution is 0.295. The monoisotopic (exact) mass is 247 g/mol. The largest absolute Gasteiger partial charge is 0.307 e. The molecule has 2 rings (SSSR count). The lowest BCUT2D eigenvalue weighted by atomic mass is 10.1. The van der Waals surface area contributed by atoms with E-state index >= 15 is 0 Å². The molecule has 0 aliphatic carbocycles. The Hall–Kier alpha value is -0.930.